The molecule has 22 heavy (non-hydrogen) atoms. The molecule has 1 amide bonds. The average Bonchev–Trinajstić information content (AvgIpc) is 3.17. The van der Waals surface area contributed by atoms with E-state index in [-0.39, 0.29) is 17.9 Å². The van der Waals surface area contributed by atoms with Gasteiger partial charge in [-0.25, -0.2) is 5.43 Å². The topological polar surface area (TPSA) is 44.4 Å². The van der Waals surface area contributed by atoms with Crippen molar-refractivity contribution < 1.29 is 4.79 Å². The van der Waals surface area contributed by atoms with Crippen molar-refractivity contribution in [1.29, 1.82) is 0 Å². The van der Waals surface area contributed by atoms with Gasteiger partial charge in [-0.05, 0) is 29.5 Å². The minimum Gasteiger partial charge on any atom is -0.340 e. The SMILES string of the molecule is Cc1ccsc1CN(C)C(=O)C1CNNC1c1ccccc1. The number of hydrogen-bond acceptors (Lipinski definition) is 4. The molecule has 1 fully saturated rings. The minimum absolute atomic E-state index is 0.0283. The van der Waals surface area contributed by atoms with Gasteiger partial charge in [-0.3, -0.25) is 10.2 Å². The van der Waals surface area contributed by atoms with E-state index in [0.717, 1.165) is 5.56 Å². The summed E-state index contributed by atoms with van der Waals surface area (Å²) < 4.78 is 0. The number of aryl methyl sites for hydroxylation is 1. The van der Waals surface area contributed by atoms with Gasteiger partial charge in [0.05, 0.1) is 18.5 Å². The lowest BCUT2D eigenvalue weighted by molar-refractivity contribution is -0.134. The summed E-state index contributed by atoms with van der Waals surface area (Å²) >= 11 is 1.71. The molecule has 116 valence electrons. The lowest BCUT2D eigenvalue weighted by Crippen LogP contribution is -2.36. The molecule has 0 saturated carbocycles. The molecule has 0 spiro atoms. The van der Waals surface area contributed by atoms with Crippen LogP contribution in [0.1, 0.15) is 22.0 Å². The van der Waals surface area contributed by atoms with E-state index in [0.29, 0.717) is 13.1 Å². The molecule has 2 unspecified atom stereocenters. The molecular formula is C17H21N3OS. The molecule has 0 bridgehead atoms. The van der Waals surface area contributed by atoms with Crippen LogP contribution < -0.4 is 10.9 Å². The van der Waals surface area contributed by atoms with Crippen LogP contribution in [0.3, 0.4) is 0 Å². The molecule has 1 aromatic heterocycles. The molecule has 1 aliphatic rings. The summed E-state index contributed by atoms with van der Waals surface area (Å²) in [6.45, 7) is 3.43. The number of carbonyl (C=O) groups excluding carboxylic acids is 1. The van der Waals surface area contributed by atoms with Crippen molar-refractivity contribution in [1.82, 2.24) is 15.8 Å². The Labute approximate surface area is 135 Å². The van der Waals surface area contributed by atoms with E-state index >= 15 is 0 Å². The summed E-state index contributed by atoms with van der Waals surface area (Å²) in [5.74, 6) is 0.104. The van der Waals surface area contributed by atoms with Crippen LogP contribution in [-0.2, 0) is 11.3 Å². The standard InChI is InChI=1S/C17H21N3OS/c1-12-8-9-22-15(12)11-20(2)17(21)14-10-18-19-16(14)13-6-4-3-5-7-13/h3-9,14,16,18-19H,10-11H2,1-2H3. The number of nitrogens with one attached hydrogen (secondary N) is 2. The highest BCUT2D eigenvalue weighted by atomic mass is 32.1. The molecule has 1 saturated heterocycles. The van der Waals surface area contributed by atoms with Gasteiger partial charge >= 0.3 is 0 Å². The minimum atomic E-state index is -0.0762. The maximum Gasteiger partial charge on any atom is 0.229 e. The number of benzene rings is 1. The molecule has 4 nitrogen and oxygen atoms in total. The van der Waals surface area contributed by atoms with Crippen LogP contribution in [0.4, 0.5) is 0 Å². The summed E-state index contributed by atoms with van der Waals surface area (Å²) in [5, 5.41) is 2.08. The first-order chi connectivity index (χ1) is 10.7. The Morgan fingerprint density at radius 3 is 2.77 bits per heavy atom. The van der Waals surface area contributed by atoms with E-state index < -0.39 is 0 Å². The smallest absolute Gasteiger partial charge is 0.229 e. The third-order valence-electron chi connectivity index (χ3n) is 4.18. The van der Waals surface area contributed by atoms with Gasteiger partial charge in [0.15, 0.2) is 0 Å². The number of amides is 1. The van der Waals surface area contributed by atoms with Crippen LogP contribution in [-0.4, -0.2) is 24.4 Å². The zero-order valence-electron chi connectivity index (χ0n) is 12.9. The van der Waals surface area contributed by atoms with Gasteiger partial charge in [0.25, 0.3) is 0 Å². The lowest BCUT2D eigenvalue weighted by atomic mass is 9.94. The summed E-state index contributed by atoms with van der Waals surface area (Å²) in [5.41, 5.74) is 8.77. The quantitative estimate of drug-likeness (QED) is 0.911. The fourth-order valence-electron chi connectivity index (χ4n) is 2.85. The molecule has 5 heteroatoms. The maximum atomic E-state index is 12.8. The Kier molecular flexibility index (Phi) is 4.57. The van der Waals surface area contributed by atoms with Gasteiger partial charge < -0.3 is 4.90 Å². The average molecular weight is 315 g/mol. The Hall–Kier alpha value is -1.69. The zero-order chi connectivity index (χ0) is 15.5. The molecule has 1 aromatic carbocycles. The normalized spacial score (nSPS) is 21.0. The molecule has 0 radical (unpaired) electrons. The maximum absolute atomic E-state index is 12.8. The second-order valence-corrected chi connectivity index (χ2v) is 6.74. The molecule has 1 aliphatic heterocycles. The predicted molar refractivity (Wildman–Crippen MR) is 89.3 cm³/mol. The van der Waals surface area contributed by atoms with Crippen LogP contribution in [0.5, 0.6) is 0 Å². The van der Waals surface area contributed by atoms with Gasteiger partial charge in [0.1, 0.15) is 0 Å². The first-order valence-corrected chi connectivity index (χ1v) is 8.36. The Morgan fingerprint density at radius 2 is 2.09 bits per heavy atom. The van der Waals surface area contributed by atoms with Gasteiger partial charge in [-0.1, -0.05) is 30.3 Å². The van der Waals surface area contributed by atoms with Crippen molar-refractivity contribution in [3.63, 3.8) is 0 Å². The largest absolute Gasteiger partial charge is 0.340 e. The van der Waals surface area contributed by atoms with Gasteiger partial charge in [0.2, 0.25) is 5.91 Å². The van der Waals surface area contributed by atoms with E-state index in [1.165, 1.54) is 10.4 Å². The number of hydrazine groups is 1. The summed E-state index contributed by atoms with van der Waals surface area (Å²) in [7, 11) is 1.89. The van der Waals surface area contributed by atoms with Crippen molar-refractivity contribution in [2.24, 2.45) is 5.92 Å². The third kappa shape index (κ3) is 3.06. The Morgan fingerprint density at radius 1 is 1.32 bits per heavy atom. The van der Waals surface area contributed by atoms with Gasteiger partial charge in [0, 0.05) is 18.5 Å². The van der Waals surface area contributed by atoms with Crippen LogP contribution in [0.2, 0.25) is 0 Å². The monoisotopic (exact) mass is 315 g/mol. The lowest BCUT2D eigenvalue weighted by Gasteiger charge is -2.24. The van der Waals surface area contributed by atoms with Gasteiger partial charge in [-0.15, -0.1) is 11.3 Å². The highest BCUT2D eigenvalue weighted by Crippen LogP contribution is 2.27. The summed E-state index contributed by atoms with van der Waals surface area (Å²) in [6.07, 6.45) is 0. The van der Waals surface area contributed by atoms with E-state index in [9.17, 15) is 4.79 Å². The first kappa shape index (κ1) is 15.2. The van der Waals surface area contributed by atoms with Crippen LogP contribution >= 0.6 is 11.3 Å². The van der Waals surface area contributed by atoms with Crippen molar-refractivity contribution in [2.75, 3.05) is 13.6 Å². The summed E-state index contributed by atoms with van der Waals surface area (Å²) in [6, 6.07) is 12.3. The second kappa shape index (κ2) is 6.60. The van der Waals surface area contributed by atoms with E-state index in [1.807, 2.05) is 30.1 Å². The molecule has 0 aliphatic carbocycles. The highest BCUT2D eigenvalue weighted by molar-refractivity contribution is 7.10. The number of carbonyl (C=O) groups is 1. The predicted octanol–water partition coefficient (Wildman–Crippen LogP) is 2.48. The first-order valence-electron chi connectivity index (χ1n) is 7.48. The Bertz CT molecular complexity index is 640. The van der Waals surface area contributed by atoms with Gasteiger partial charge in [-0.2, -0.15) is 0 Å². The van der Waals surface area contributed by atoms with E-state index in [2.05, 4.69) is 41.4 Å². The van der Waals surface area contributed by atoms with E-state index in [1.54, 1.807) is 11.3 Å². The van der Waals surface area contributed by atoms with Crippen molar-refractivity contribution >= 4 is 17.2 Å². The number of hydrogen-bond donors (Lipinski definition) is 2. The molecule has 2 N–H and O–H groups in total. The van der Waals surface area contributed by atoms with Crippen molar-refractivity contribution in [2.45, 2.75) is 19.5 Å². The van der Waals surface area contributed by atoms with Crippen molar-refractivity contribution in [3.8, 4) is 0 Å². The molecular weight excluding hydrogens is 294 g/mol. The number of thiophene rings is 1. The number of rotatable bonds is 4. The number of nitrogens with zero attached hydrogens (tertiary/aromatic N) is 1. The molecule has 2 aromatic rings. The fourth-order valence-corrected chi connectivity index (χ4v) is 3.80. The molecule has 2 heterocycles. The van der Waals surface area contributed by atoms with Crippen LogP contribution in [0.15, 0.2) is 41.8 Å². The molecule has 2 atom stereocenters. The summed E-state index contributed by atoms with van der Waals surface area (Å²) in [4.78, 5) is 15.9. The highest BCUT2D eigenvalue weighted by Gasteiger charge is 2.35. The van der Waals surface area contributed by atoms with Crippen LogP contribution in [0, 0.1) is 12.8 Å². The van der Waals surface area contributed by atoms with Crippen molar-refractivity contribution in [3.05, 3.63) is 57.8 Å². The molecule has 3 rings (SSSR count). The third-order valence-corrected chi connectivity index (χ3v) is 5.19. The second-order valence-electron chi connectivity index (χ2n) is 5.74. The fraction of sp³-hybridized carbons (Fsp3) is 0.353. The zero-order valence-corrected chi connectivity index (χ0v) is 13.7. The van der Waals surface area contributed by atoms with Crippen LogP contribution in [0.25, 0.3) is 0 Å². The Balaban J connectivity index is 1.72. The van der Waals surface area contributed by atoms with E-state index in [4.69, 9.17) is 0 Å².